The van der Waals surface area contributed by atoms with E-state index in [1.165, 1.54) is 13.8 Å². The number of esters is 2. The Labute approximate surface area is 130 Å². The quantitative estimate of drug-likeness (QED) is 0.268. The van der Waals surface area contributed by atoms with E-state index in [0.29, 0.717) is 6.42 Å². The van der Waals surface area contributed by atoms with Gasteiger partial charge < -0.3 is 18.9 Å². The Hall–Kier alpha value is -1.43. The Balaban J connectivity index is 3.76. The molecule has 0 radical (unpaired) electrons. The molecule has 126 valence electrons. The first-order valence-corrected chi connectivity index (χ1v) is 8.53. The molecule has 0 amide bonds. The molecule has 22 heavy (non-hydrogen) atoms. The van der Waals surface area contributed by atoms with Crippen LogP contribution < -0.4 is 0 Å². The largest absolute Gasteiger partial charge is 0.462 e. The average molecular weight is 334 g/mol. The summed E-state index contributed by atoms with van der Waals surface area (Å²) in [5.41, 5.74) is 0.561. The normalized spacial score (nSPS) is 13.0. The van der Waals surface area contributed by atoms with E-state index in [4.69, 9.17) is 14.0 Å². The van der Waals surface area contributed by atoms with Gasteiger partial charge in [-0.2, -0.15) is 0 Å². The van der Waals surface area contributed by atoms with E-state index in [-0.39, 0.29) is 43.5 Å². The number of carbonyl (C=O) groups is 2. The highest BCUT2D eigenvalue weighted by molar-refractivity contribution is 7.52. The minimum atomic E-state index is -3.73. The summed E-state index contributed by atoms with van der Waals surface area (Å²) in [6.07, 6.45) is 0.383. The highest BCUT2D eigenvalue weighted by Crippen LogP contribution is 2.42. The van der Waals surface area contributed by atoms with Crippen LogP contribution in [0.1, 0.15) is 26.7 Å². The molecule has 0 aliphatic carbocycles. The molecule has 1 N–H and O–H groups in total. The molecule has 0 aliphatic heterocycles. The van der Waals surface area contributed by atoms with Crippen molar-refractivity contribution in [1.29, 1.82) is 0 Å². The topological polar surface area (TPSA) is 99.1 Å². The number of carbonyl (C=O) groups excluding carboxylic acids is 2. The molecule has 0 aliphatic rings. The van der Waals surface area contributed by atoms with E-state index in [1.54, 1.807) is 0 Å². The molecule has 0 saturated carbocycles. The molecule has 8 heteroatoms. The van der Waals surface area contributed by atoms with Gasteiger partial charge in [0.1, 0.15) is 0 Å². The highest BCUT2D eigenvalue weighted by atomic mass is 31.2. The van der Waals surface area contributed by atoms with Gasteiger partial charge in [-0.1, -0.05) is 13.2 Å². The first kappa shape index (κ1) is 20.6. The number of hydrogen-bond donors (Lipinski definition) is 1. The summed E-state index contributed by atoms with van der Waals surface area (Å²) in [4.78, 5) is 31.7. The van der Waals surface area contributed by atoms with Gasteiger partial charge in [-0.3, -0.25) is 4.57 Å². The van der Waals surface area contributed by atoms with Crippen LogP contribution >= 0.6 is 7.60 Å². The summed E-state index contributed by atoms with van der Waals surface area (Å²) in [5, 5.41) is 0. The van der Waals surface area contributed by atoms with E-state index in [2.05, 4.69) is 13.2 Å². The van der Waals surface area contributed by atoms with Crippen LogP contribution in [0.4, 0.5) is 0 Å². The molecule has 0 saturated heterocycles. The predicted molar refractivity (Wildman–Crippen MR) is 81.4 cm³/mol. The fraction of sp³-hybridized carbons (Fsp3) is 0.571. The van der Waals surface area contributed by atoms with Crippen LogP contribution in [0.5, 0.6) is 0 Å². The molecule has 0 aromatic heterocycles. The molecule has 7 nitrogen and oxygen atoms in total. The zero-order valence-electron chi connectivity index (χ0n) is 13.0. The first-order valence-electron chi connectivity index (χ1n) is 6.77. The maximum atomic E-state index is 11.7. The summed E-state index contributed by atoms with van der Waals surface area (Å²) < 4.78 is 26.1. The van der Waals surface area contributed by atoms with Gasteiger partial charge >= 0.3 is 19.5 Å². The second kappa shape index (κ2) is 10.3. The molecule has 0 aromatic carbocycles. The molecule has 0 rings (SSSR count). The van der Waals surface area contributed by atoms with E-state index < -0.39 is 19.5 Å². The standard InChI is InChI=1S/C14H23O7P/c1-11(2)13(15)19-7-5-9-21-22(17,18)10-6-8-20-14(16)12(3)4/h1,3,5-10H2,2,4H3,(H,17,18). The number of hydrogen-bond acceptors (Lipinski definition) is 6. The van der Waals surface area contributed by atoms with Crippen molar-refractivity contribution in [2.45, 2.75) is 26.7 Å². The van der Waals surface area contributed by atoms with Crippen molar-refractivity contribution in [1.82, 2.24) is 0 Å². The fourth-order valence-corrected chi connectivity index (χ4v) is 2.24. The molecule has 0 bridgehead atoms. The summed E-state index contributed by atoms with van der Waals surface area (Å²) >= 11 is 0. The van der Waals surface area contributed by atoms with Crippen LogP contribution in [-0.4, -0.2) is 42.8 Å². The van der Waals surface area contributed by atoms with Crippen molar-refractivity contribution < 1.29 is 33.0 Å². The summed E-state index contributed by atoms with van der Waals surface area (Å²) in [6.45, 7) is 9.99. The predicted octanol–water partition coefficient (Wildman–Crippen LogP) is 2.21. The Bertz CT molecular complexity index is 470. The fourth-order valence-electron chi connectivity index (χ4n) is 1.17. The van der Waals surface area contributed by atoms with Crippen LogP contribution in [0.2, 0.25) is 0 Å². The summed E-state index contributed by atoms with van der Waals surface area (Å²) in [5.74, 6) is -1.04. The van der Waals surface area contributed by atoms with Gasteiger partial charge in [0.25, 0.3) is 0 Å². The van der Waals surface area contributed by atoms with Gasteiger partial charge in [0.2, 0.25) is 0 Å². The third-order valence-corrected chi connectivity index (χ3v) is 3.80. The Morgan fingerprint density at radius 2 is 1.41 bits per heavy atom. The smallest absolute Gasteiger partial charge is 0.333 e. The summed E-state index contributed by atoms with van der Waals surface area (Å²) in [6, 6.07) is 0. The lowest BCUT2D eigenvalue weighted by molar-refractivity contribution is -0.140. The number of ether oxygens (including phenoxy) is 2. The first-order chi connectivity index (χ1) is 10.2. The molecule has 0 spiro atoms. The number of rotatable bonds is 11. The van der Waals surface area contributed by atoms with Crippen molar-refractivity contribution in [2.75, 3.05) is 26.0 Å². The SMILES string of the molecule is C=C(C)C(=O)OCCCOP(=O)(O)CCCOC(=O)C(=C)C. The molecule has 0 aromatic rings. The zero-order valence-corrected chi connectivity index (χ0v) is 13.9. The molecule has 0 heterocycles. The van der Waals surface area contributed by atoms with Crippen LogP contribution in [0.3, 0.4) is 0 Å². The van der Waals surface area contributed by atoms with Crippen molar-refractivity contribution in [3.63, 3.8) is 0 Å². The highest BCUT2D eigenvalue weighted by Gasteiger charge is 2.19. The van der Waals surface area contributed by atoms with E-state index in [1.807, 2.05) is 0 Å². The maximum Gasteiger partial charge on any atom is 0.333 e. The van der Waals surface area contributed by atoms with Crippen molar-refractivity contribution >= 4 is 19.5 Å². The van der Waals surface area contributed by atoms with Gasteiger partial charge in [-0.05, 0) is 20.3 Å². The van der Waals surface area contributed by atoms with E-state index >= 15 is 0 Å². The van der Waals surface area contributed by atoms with Crippen LogP contribution in [0.15, 0.2) is 24.3 Å². The van der Waals surface area contributed by atoms with Gasteiger partial charge in [0.15, 0.2) is 0 Å². The Morgan fingerprint density at radius 3 is 1.86 bits per heavy atom. The molecular weight excluding hydrogens is 311 g/mol. The van der Waals surface area contributed by atoms with Crippen molar-refractivity contribution in [2.24, 2.45) is 0 Å². The van der Waals surface area contributed by atoms with E-state index in [0.717, 1.165) is 0 Å². The lowest BCUT2D eigenvalue weighted by Gasteiger charge is -2.12. The van der Waals surface area contributed by atoms with Gasteiger partial charge in [-0.15, -0.1) is 0 Å². The lowest BCUT2D eigenvalue weighted by atomic mass is 10.4. The molecular formula is C14H23O7P. The van der Waals surface area contributed by atoms with Gasteiger partial charge in [-0.25, -0.2) is 9.59 Å². The van der Waals surface area contributed by atoms with Crippen LogP contribution in [0, 0.1) is 0 Å². The second-order valence-electron chi connectivity index (χ2n) is 4.73. The van der Waals surface area contributed by atoms with Gasteiger partial charge in [0.05, 0.1) is 26.0 Å². The van der Waals surface area contributed by atoms with Crippen molar-refractivity contribution in [3.05, 3.63) is 24.3 Å². The second-order valence-corrected chi connectivity index (χ2v) is 6.71. The van der Waals surface area contributed by atoms with Crippen LogP contribution in [0.25, 0.3) is 0 Å². The maximum absolute atomic E-state index is 11.7. The van der Waals surface area contributed by atoms with Crippen molar-refractivity contribution in [3.8, 4) is 0 Å². The monoisotopic (exact) mass is 334 g/mol. The third-order valence-electron chi connectivity index (χ3n) is 2.33. The molecule has 1 unspecified atom stereocenters. The average Bonchev–Trinajstić information content (AvgIpc) is 2.42. The van der Waals surface area contributed by atoms with Crippen LogP contribution in [-0.2, 0) is 28.2 Å². The minimum absolute atomic E-state index is 0.0111. The zero-order chi connectivity index (χ0) is 17.2. The third kappa shape index (κ3) is 10.3. The van der Waals surface area contributed by atoms with E-state index in [9.17, 15) is 19.0 Å². The molecule has 1 atom stereocenters. The Kier molecular flexibility index (Phi) is 9.65. The van der Waals surface area contributed by atoms with Gasteiger partial charge in [0, 0.05) is 17.6 Å². The minimum Gasteiger partial charge on any atom is -0.462 e. The summed E-state index contributed by atoms with van der Waals surface area (Å²) in [7, 11) is -3.73. The molecule has 0 fully saturated rings. The lowest BCUT2D eigenvalue weighted by Crippen LogP contribution is -2.09. The Morgan fingerprint density at radius 1 is 0.955 bits per heavy atom.